The Balaban J connectivity index is 2.51. The van der Waals surface area contributed by atoms with Crippen molar-refractivity contribution in [3.05, 3.63) is 36.1 Å². The van der Waals surface area contributed by atoms with E-state index in [0.717, 1.165) is 5.39 Å². The van der Waals surface area contributed by atoms with E-state index >= 15 is 0 Å². The van der Waals surface area contributed by atoms with Crippen LogP contribution in [0.2, 0.25) is 0 Å². The minimum Gasteiger partial charge on any atom is -0.464 e. The lowest BCUT2D eigenvalue weighted by Gasteiger charge is -2.38. The van der Waals surface area contributed by atoms with Gasteiger partial charge in [0.15, 0.2) is 0 Å². The number of nitrogens with one attached hydrogen (secondary N) is 1. The van der Waals surface area contributed by atoms with Gasteiger partial charge in [0.05, 0.1) is 12.3 Å². The molecule has 1 aromatic heterocycles. The van der Waals surface area contributed by atoms with Crippen LogP contribution in [0.1, 0.15) is 12.5 Å². The number of hydrogen-bond donors (Lipinski definition) is 2. The fraction of sp³-hybridized carbons (Fsp3) is 0.429. The molecular formula is C14H15Cl3FNO2. The van der Waals surface area contributed by atoms with Gasteiger partial charge >= 0.3 is 0 Å². The number of alkyl halides is 4. The number of benzene rings is 1. The second-order valence-electron chi connectivity index (χ2n) is 4.76. The van der Waals surface area contributed by atoms with Crippen molar-refractivity contribution >= 4 is 45.8 Å². The number of rotatable bonds is 5. The molecule has 0 aliphatic heterocycles. The van der Waals surface area contributed by atoms with E-state index in [9.17, 15) is 9.50 Å². The quantitative estimate of drug-likeness (QED) is 0.800. The van der Waals surface area contributed by atoms with Gasteiger partial charge in [0, 0.05) is 5.39 Å². The van der Waals surface area contributed by atoms with Crippen LogP contribution in [0.25, 0.3) is 11.0 Å². The van der Waals surface area contributed by atoms with E-state index in [4.69, 9.17) is 39.2 Å². The van der Waals surface area contributed by atoms with Gasteiger partial charge in [-0.3, -0.25) is 0 Å². The first-order chi connectivity index (χ1) is 9.82. The largest absolute Gasteiger partial charge is 0.464 e. The van der Waals surface area contributed by atoms with Gasteiger partial charge in [0.2, 0.25) is 3.79 Å². The molecule has 0 radical (unpaired) electrons. The molecule has 0 saturated heterocycles. The second kappa shape index (κ2) is 6.31. The highest BCUT2D eigenvalue weighted by molar-refractivity contribution is 6.68. The Bertz CT molecular complexity index is 614. The van der Waals surface area contributed by atoms with Crippen LogP contribution in [0.15, 0.2) is 34.9 Å². The smallest absolute Gasteiger partial charge is 0.208 e. The van der Waals surface area contributed by atoms with Crippen molar-refractivity contribution in [3.63, 3.8) is 0 Å². The Kier molecular flexibility index (Phi) is 5.06. The van der Waals surface area contributed by atoms with Crippen molar-refractivity contribution in [2.24, 2.45) is 0 Å². The minimum absolute atomic E-state index is 0.282. The zero-order valence-corrected chi connectivity index (χ0v) is 13.5. The van der Waals surface area contributed by atoms with Crippen LogP contribution in [-0.2, 0) is 5.60 Å². The van der Waals surface area contributed by atoms with Gasteiger partial charge in [-0.05, 0) is 24.2 Å². The lowest BCUT2D eigenvalue weighted by atomic mass is 9.87. The van der Waals surface area contributed by atoms with Gasteiger partial charge in [-0.2, -0.15) is 0 Å². The molecule has 2 aromatic rings. The summed E-state index contributed by atoms with van der Waals surface area (Å²) in [4.78, 5) is 0. The van der Waals surface area contributed by atoms with Crippen molar-refractivity contribution in [1.82, 2.24) is 5.32 Å². The van der Waals surface area contributed by atoms with Crippen LogP contribution in [0, 0.1) is 0 Å². The molecule has 2 N–H and O–H groups in total. The van der Waals surface area contributed by atoms with Crippen LogP contribution in [0.5, 0.6) is 0 Å². The predicted molar refractivity (Wildman–Crippen MR) is 83.8 cm³/mol. The number of likely N-dealkylation sites (N-methyl/N-ethyl adjacent to an activating group) is 1. The van der Waals surface area contributed by atoms with Gasteiger partial charge < -0.3 is 14.8 Å². The average Bonchev–Trinajstić information content (AvgIpc) is 2.90. The maximum atomic E-state index is 13.7. The molecule has 2 rings (SSSR count). The van der Waals surface area contributed by atoms with E-state index in [2.05, 4.69) is 5.32 Å². The van der Waals surface area contributed by atoms with Gasteiger partial charge in [0.25, 0.3) is 0 Å². The molecule has 1 heterocycles. The van der Waals surface area contributed by atoms with Crippen molar-refractivity contribution in [3.8, 4) is 0 Å². The molecule has 1 aromatic carbocycles. The third-order valence-corrected chi connectivity index (χ3v) is 4.03. The van der Waals surface area contributed by atoms with Gasteiger partial charge in [0.1, 0.15) is 17.9 Å². The van der Waals surface area contributed by atoms with Gasteiger partial charge in [-0.1, -0.05) is 53.9 Å². The fourth-order valence-electron chi connectivity index (χ4n) is 2.30. The summed E-state index contributed by atoms with van der Waals surface area (Å²) in [5.41, 5.74) is -1.17. The first kappa shape index (κ1) is 16.8. The van der Waals surface area contributed by atoms with E-state index in [1.165, 1.54) is 6.26 Å². The molecule has 2 atom stereocenters. The van der Waals surface area contributed by atoms with Crippen LogP contribution in [0.3, 0.4) is 0 Å². The minimum atomic E-state index is -1.98. The monoisotopic (exact) mass is 353 g/mol. The van der Waals surface area contributed by atoms with E-state index in [1.807, 2.05) is 0 Å². The number of fused-ring (bicyclic) bond motifs is 1. The normalized spacial score (nSPS) is 16.9. The van der Waals surface area contributed by atoms with E-state index in [1.54, 1.807) is 31.2 Å². The van der Waals surface area contributed by atoms with Crippen molar-refractivity contribution in [1.29, 1.82) is 0 Å². The van der Waals surface area contributed by atoms with E-state index in [-0.39, 0.29) is 5.56 Å². The average molecular weight is 355 g/mol. The van der Waals surface area contributed by atoms with E-state index in [0.29, 0.717) is 12.1 Å². The molecule has 0 saturated carbocycles. The maximum Gasteiger partial charge on any atom is 0.208 e. The summed E-state index contributed by atoms with van der Waals surface area (Å²) in [7, 11) is 0. The van der Waals surface area contributed by atoms with Crippen LogP contribution >= 0.6 is 34.8 Å². The molecule has 0 aliphatic rings. The van der Waals surface area contributed by atoms with Crippen molar-refractivity contribution < 1.29 is 13.9 Å². The number of furan rings is 1. The second-order valence-corrected chi connectivity index (χ2v) is 7.13. The highest BCUT2D eigenvalue weighted by Gasteiger charge is 2.49. The summed E-state index contributed by atoms with van der Waals surface area (Å²) in [5, 5.41) is 14.5. The first-order valence-corrected chi connectivity index (χ1v) is 7.52. The Morgan fingerprint density at radius 2 is 2.05 bits per heavy atom. The molecule has 0 bridgehead atoms. The summed E-state index contributed by atoms with van der Waals surface area (Å²) in [6.07, 6.45) is 1.51. The molecule has 0 aliphatic carbocycles. The predicted octanol–water partition coefficient (Wildman–Crippen LogP) is 3.94. The molecule has 2 unspecified atom stereocenters. The Morgan fingerprint density at radius 1 is 1.33 bits per heavy atom. The summed E-state index contributed by atoms with van der Waals surface area (Å²) in [6, 6.07) is 5.52. The maximum absolute atomic E-state index is 13.7. The van der Waals surface area contributed by atoms with Crippen molar-refractivity contribution in [2.75, 3.05) is 13.2 Å². The van der Waals surface area contributed by atoms with Crippen LogP contribution < -0.4 is 5.32 Å². The standard InChI is InChI=1S/C14H15Cl3FNO2/c1-2-19-12(14(15,16)17)13(20,8-18)10-4-3-9-5-6-21-11(9)7-10/h3-7,12,19-20H,2,8H2,1H3. The van der Waals surface area contributed by atoms with Gasteiger partial charge in [-0.25, -0.2) is 4.39 Å². The number of halogens is 4. The van der Waals surface area contributed by atoms with Crippen LogP contribution in [-0.4, -0.2) is 28.2 Å². The topological polar surface area (TPSA) is 45.4 Å². The lowest BCUT2D eigenvalue weighted by Crippen LogP contribution is -2.57. The number of hydrogen-bond acceptors (Lipinski definition) is 3. The molecule has 7 heteroatoms. The molecule has 3 nitrogen and oxygen atoms in total. The Morgan fingerprint density at radius 3 is 2.62 bits per heavy atom. The summed E-state index contributed by atoms with van der Waals surface area (Å²) in [5.74, 6) is 0. The summed E-state index contributed by atoms with van der Waals surface area (Å²) in [6.45, 7) is 1.08. The third-order valence-electron chi connectivity index (χ3n) is 3.37. The fourth-order valence-corrected chi connectivity index (χ4v) is 3.08. The SMILES string of the molecule is CCNC(C(Cl)(Cl)Cl)C(O)(CF)c1ccc2ccoc2c1. The first-order valence-electron chi connectivity index (χ1n) is 6.39. The highest BCUT2D eigenvalue weighted by Crippen LogP contribution is 2.41. The van der Waals surface area contributed by atoms with Crippen LogP contribution in [0.4, 0.5) is 4.39 Å². The summed E-state index contributed by atoms with van der Waals surface area (Å²) >= 11 is 17.7. The molecule has 21 heavy (non-hydrogen) atoms. The molecule has 116 valence electrons. The third kappa shape index (κ3) is 3.30. The molecule has 0 spiro atoms. The molecule has 0 fully saturated rings. The highest BCUT2D eigenvalue weighted by atomic mass is 35.6. The van der Waals surface area contributed by atoms with E-state index < -0.39 is 22.1 Å². The summed E-state index contributed by atoms with van der Waals surface area (Å²) < 4.78 is 17.1. The molecular weight excluding hydrogens is 340 g/mol. The van der Waals surface area contributed by atoms with Crippen molar-refractivity contribution in [2.45, 2.75) is 22.4 Å². The lowest BCUT2D eigenvalue weighted by molar-refractivity contribution is -0.0234. The van der Waals surface area contributed by atoms with Gasteiger partial charge in [-0.15, -0.1) is 0 Å². The Hall–Kier alpha value is -0.520. The zero-order valence-electron chi connectivity index (χ0n) is 11.2. The Labute approximate surface area is 137 Å². The zero-order chi connectivity index (χ0) is 15.7. The molecule has 0 amide bonds. The number of aliphatic hydroxyl groups is 1.